The van der Waals surface area contributed by atoms with Gasteiger partial charge in [-0.3, -0.25) is 4.99 Å². The van der Waals surface area contributed by atoms with Gasteiger partial charge in [0.25, 0.3) is 0 Å². The van der Waals surface area contributed by atoms with Gasteiger partial charge >= 0.3 is 22.6 Å². The first-order valence-corrected chi connectivity index (χ1v) is 16.1. The summed E-state index contributed by atoms with van der Waals surface area (Å²) in [5.41, 5.74) is 3.06. The Morgan fingerprint density at radius 2 is 1.07 bits per heavy atom. The van der Waals surface area contributed by atoms with Crippen molar-refractivity contribution in [3.8, 4) is 0 Å². The fourth-order valence-corrected chi connectivity index (χ4v) is 4.00. The predicted molar refractivity (Wildman–Crippen MR) is 174 cm³/mol. The van der Waals surface area contributed by atoms with Crippen molar-refractivity contribution < 1.29 is 48.3 Å². The van der Waals surface area contributed by atoms with Crippen LogP contribution in [0.2, 0.25) is 0 Å². The molecule has 0 saturated heterocycles. The molecule has 0 N–H and O–H groups in total. The Labute approximate surface area is 280 Å². The standard InChI is InChI=1S/C29H41N2.C4H9O.CHF3O3S.Fe/c1-18(2)24-13-11-14-25(19(3)4)28(24)30-22(9)17-23(10)31-29-26(20(5)6)15-12-16-27(29)21(7)8;1-4(2,3)5;2-1(3,4)8(5,6)7;/h11-21H,1-10H3;1-3H3;(H,5,6,7);/q2*-1;;+3/p-1/b22-17-,31-23?;;;. The number of hydrogen-bond donors (Lipinski definition) is 0. The molecule has 11 heteroatoms. The zero-order valence-electron chi connectivity index (χ0n) is 28.8. The number of allylic oxidation sites excluding steroid dienone is 2. The molecule has 45 heavy (non-hydrogen) atoms. The van der Waals surface area contributed by atoms with Gasteiger partial charge in [-0.05, 0) is 41.7 Å². The molecule has 0 spiro atoms. The summed E-state index contributed by atoms with van der Waals surface area (Å²) in [7, 11) is -6.09. The molecular weight excluding hydrogens is 645 g/mol. The topological polar surface area (TPSA) is 107 Å². The van der Waals surface area contributed by atoms with Gasteiger partial charge in [0.1, 0.15) is 0 Å². The molecule has 0 atom stereocenters. The van der Waals surface area contributed by atoms with Gasteiger partial charge in [-0.1, -0.05) is 137 Å². The summed E-state index contributed by atoms with van der Waals surface area (Å²) in [6.45, 7) is 27.0. The van der Waals surface area contributed by atoms with Crippen LogP contribution >= 0.6 is 0 Å². The van der Waals surface area contributed by atoms with E-state index in [0.717, 1.165) is 22.8 Å². The molecular formula is C34H50F3FeN2O4S. The first-order chi connectivity index (χ1) is 19.8. The van der Waals surface area contributed by atoms with Crippen molar-refractivity contribution in [2.45, 2.75) is 125 Å². The Morgan fingerprint density at radius 3 is 1.33 bits per heavy atom. The van der Waals surface area contributed by atoms with Crippen LogP contribution in [-0.4, -0.2) is 29.8 Å². The Bertz CT molecular complexity index is 1320. The van der Waals surface area contributed by atoms with Crippen LogP contribution in [0, 0.1) is 0 Å². The maximum atomic E-state index is 10.7. The smallest absolute Gasteiger partial charge is 0.850 e. The number of halogens is 3. The normalized spacial score (nSPS) is 12.8. The van der Waals surface area contributed by atoms with Gasteiger partial charge in [0, 0.05) is 5.71 Å². The zero-order chi connectivity index (χ0) is 34.8. The van der Waals surface area contributed by atoms with Gasteiger partial charge in [-0.25, -0.2) is 8.42 Å². The van der Waals surface area contributed by atoms with Crippen molar-refractivity contribution in [2.24, 2.45) is 4.99 Å². The van der Waals surface area contributed by atoms with Crippen LogP contribution in [0.4, 0.5) is 24.5 Å². The second-order valence-corrected chi connectivity index (χ2v) is 14.2. The van der Waals surface area contributed by atoms with E-state index in [9.17, 15) is 18.3 Å². The van der Waals surface area contributed by atoms with Crippen LogP contribution in [0.5, 0.6) is 0 Å². The molecule has 0 amide bonds. The van der Waals surface area contributed by atoms with Crippen LogP contribution in [0.25, 0.3) is 5.32 Å². The van der Waals surface area contributed by atoms with E-state index in [2.05, 4.69) is 112 Å². The van der Waals surface area contributed by atoms with Crippen LogP contribution in [0.3, 0.4) is 0 Å². The molecule has 6 nitrogen and oxygen atoms in total. The summed E-state index contributed by atoms with van der Waals surface area (Å²) in [5.74, 6) is 1.75. The summed E-state index contributed by atoms with van der Waals surface area (Å²) in [6, 6.07) is 13.1. The van der Waals surface area contributed by atoms with Gasteiger partial charge in [0.05, 0.1) is 5.69 Å². The Morgan fingerprint density at radius 1 is 0.778 bits per heavy atom. The third-order valence-electron chi connectivity index (χ3n) is 5.96. The fraction of sp³-hybridized carbons (Fsp3) is 0.559. The molecule has 0 aromatic heterocycles. The third-order valence-corrected chi connectivity index (χ3v) is 6.53. The molecule has 0 bridgehead atoms. The minimum Gasteiger partial charge on any atom is -0.850 e. The number of hydrogen-bond acceptors (Lipinski definition) is 5. The Balaban J connectivity index is 0. The van der Waals surface area contributed by atoms with Crippen molar-refractivity contribution in [3.05, 3.63) is 75.7 Å². The van der Waals surface area contributed by atoms with Crippen molar-refractivity contribution >= 4 is 27.2 Å². The van der Waals surface area contributed by atoms with Crippen molar-refractivity contribution in [1.29, 1.82) is 0 Å². The molecule has 255 valence electrons. The van der Waals surface area contributed by atoms with Gasteiger partial charge in [0.15, 0.2) is 10.1 Å². The summed E-state index contributed by atoms with van der Waals surface area (Å²) in [4.78, 5) is 5.08. The largest absolute Gasteiger partial charge is 3.00 e. The average molecular weight is 696 g/mol. The molecule has 2 aromatic carbocycles. The van der Waals surface area contributed by atoms with Gasteiger partial charge in [-0.2, -0.15) is 18.9 Å². The van der Waals surface area contributed by atoms with E-state index in [4.69, 9.17) is 23.3 Å². The number of nitrogens with zero attached hydrogens (tertiary/aromatic N) is 2. The predicted octanol–water partition coefficient (Wildman–Crippen LogP) is 10.1. The van der Waals surface area contributed by atoms with E-state index in [-0.39, 0.29) is 17.1 Å². The summed E-state index contributed by atoms with van der Waals surface area (Å²) in [6.07, 6.45) is 2.11. The average Bonchev–Trinajstić information content (AvgIpc) is 2.81. The van der Waals surface area contributed by atoms with Crippen LogP contribution in [0.1, 0.15) is 136 Å². The van der Waals surface area contributed by atoms with Gasteiger partial charge in [0.2, 0.25) is 0 Å². The van der Waals surface area contributed by atoms with Crippen LogP contribution in [-0.2, 0) is 27.2 Å². The first kappa shape index (κ1) is 45.0. The number of alkyl halides is 3. The minimum absolute atomic E-state index is 0. The Hall–Kier alpha value is -2.17. The summed E-state index contributed by atoms with van der Waals surface area (Å²) >= 11 is 0. The van der Waals surface area contributed by atoms with E-state index in [1.807, 2.05) is 0 Å². The molecule has 0 unspecified atom stereocenters. The molecule has 2 aromatic rings. The number of benzene rings is 2. The maximum absolute atomic E-state index is 10.7. The van der Waals surface area contributed by atoms with Crippen molar-refractivity contribution in [1.82, 2.24) is 0 Å². The molecule has 2 rings (SSSR count). The third kappa shape index (κ3) is 16.8. The molecule has 0 saturated carbocycles. The van der Waals surface area contributed by atoms with E-state index in [1.54, 1.807) is 20.8 Å². The van der Waals surface area contributed by atoms with Crippen molar-refractivity contribution in [3.63, 3.8) is 0 Å². The first-order valence-electron chi connectivity index (χ1n) is 14.7. The second-order valence-electron chi connectivity index (χ2n) is 12.9. The van der Waals surface area contributed by atoms with Gasteiger partial charge < -0.3 is 15.0 Å². The molecule has 0 fully saturated rings. The zero-order valence-corrected chi connectivity index (χ0v) is 30.7. The molecule has 0 heterocycles. The monoisotopic (exact) mass is 695 g/mol. The van der Waals surface area contributed by atoms with Crippen molar-refractivity contribution in [2.75, 3.05) is 0 Å². The molecule has 0 aliphatic heterocycles. The van der Waals surface area contributed by atoms with Crippen LogP contribution in [0.15, 0.2) is 53.2 Å². The van der Waals surface area contributed by atoms with E-state index < -0.39 is 21.2 Å². The maximum Gasteiger partial charge on any atom is 3.00 e. The number of para-hydroxylation sites is 2. The summed E-state index contributed by atoms with van der Waals surface area (Å²) < 4.78 is 58.9. The van der Waals surface area contributed by atoms with Crippen LogP contribution < -0.4 is 5.11 Å². The number of aliphatic imine (C=N–C) groups is 1. The minimum atomic E-state index is -6.09. The van der Waals surface area contributed by atoms with E-state index >= 15 is 0 Å². The fourth-order valence-electron chi connectivity index (χ4n) is 4.00. The SMILES string of the molecule is CC(/C=C(/C)[N-]c1c(C(C)C)cccc1C(C)C)=Nc1c(C(C)C)cccc1C(C)C.CC(C)(C)[O-].O=S(=O)([O-])C(F)(F)F.[Fe+3]. The molecule has 1 radical (unpaired) electrons. The quantitative estimate of drug-likeness (QED) is 0.119. The molecule has 0 aliphatic rings. The number of rotatable bonds is 8. The van der Waals surface area contributed by atoms with E-state index in [0.29, 0.717) is 23.7 Å². The van der Waals surface area contributed by atoms with Gasteiger partial charge in [-0.15, -0.1) is 11.3 Å². The van der Waals surface area contributed by atoms with E-state index in [1.165, 1.54) is 22.3 Å². The Kier molecular flexibility index (Phi) is 18.8. The second kappa shape index (κ2) is 18.8. The summed E-state index contributed by atoms with van der Waals surface area (Å²) in [5, 5.41) is 15.2. The molecule has 0 aliphatic carbocycles.